The zero-order valence-corrected chi connectivity index (χ0v) is 7.64. The highest BCUT2D eigenvalue weighted by atomic mass is 16.4. The van der Waals surface area contributed by atoms with Gasteiger partial charge in [-0.3, -0.25) is 0 Å². The number of anilines is 1. The lowest BCUT2D eigenvalue weighted by molar-refractivity contribution is 0.0690. The van der Waals surface area contributed by atoms with Gasteiger partial charge in [0, 0.05) is 13.2 Å². The Balaban J connectivity index is 2.94. The summed E-state index contributed by atoms with van der Waals surface area (Å²) >= 11 is 0. The van der Waals surface area contributed by atoms with Gasteiger partial charge >= 0.3 is 5.97 Å². The van der Waals surface area contributed by atoms with E-state index in [0.717, 1.165) is 0 Å². The predicted molar refractivity (Wildman–Crippen MR) is 51.1 cm³/mol. The molecule has 1 N–H and O–H groups in total. The largest absolute Gasteiger partial charge is 0.477 e. The lowest BCUT2D eigenvalue weighted by Gasteiger charge is -2.12. The van der Waals surface area contributed by atoms with Crippen molar-refractivity contribution in [2.75, 3.05) is 18.5 Å². The van der Waals surface area contributed by atoms with Gasteiger partial charge in [0.15, 0.2) is 5.69 Å². The van der Waals surface area contributed by atoms with Gasteiger partial charge in [-0.05, 0) is 6.07 Å². The minimum absolute atomic E-state index is 0.0427. The third-order valence-corrected chi connectivity index (χ3v) is 1.53. The topological polar surface area (TPSA) is 66.3 Å². The van der Waals surface area contributed by atoms with Crippen LogP contribution in [0, 0.1) is 12.3 Å². The van der Waals surface area contributed by atoms with Crippen LogP contribution >= 0.6 is 0 Å². The molecule has 0 radical (unpaired) electrons. The first-order valence-corrected chi connectivity index (χ1v) is 3.86. The fourth-order valence-electron chi connectivity index (χ4n) is 0.859. The van der Waals surface area contributed by atoms with Crippen LogP contribution in [0.4, 0.5) is 5.95 Å². The lowest BCUT2D eigenvalue weighted by Crippen LogP contribution is -2.20. The van der Waals surface area contributed by atoms with Gasteiger partial charge in [0.05, 0.1) is 6.54 Å². The number of carboxylic acids is 1. The van der Waals surface area contributed by atoms with E-state index in [1.165, 1.54) is 12.3 Å². The predicted octanol–water partition coefficient (Wildman–Crippen LogP) is 0.244. The van der Waals surface area contributed by atoms with E-state index < -0.39 is 5.97 Å². The fraction of sp³-hybridized carbons (Fsp3) is 0.222. The molecular formula is C9H9N3O2. The average molecular weight is 191 g/mol. The highest BCUT2D eigenvalue weighted by molar-refractivity contribution is 5.85. The Morgan fingerprint density at radius 2 is 2.50 bits per heavy atom. The van der Waals surface area contributed by atoms with Crippen molar-refractivity contribution in [2.24, 2.45) is 0 Å². The van der Waals surface area contributed by atoms with Crippen molar-refractivity contribution in [3.8, 4) is 12.3 Å². The second-order valence-corrected chi connectivity index (χ2v) is 2.61. The zero-order chi connectivity index (χ0) is 10.6. The van der Waals surface area contributed by atoms with Gasteiger partial charge in [-0.2, -0.15) is 0 Å². The standard InChI is InChI=1S/C9H9N3O2/c1-3-6-12(2)9-10-5-4-7(11-9)8(13)14/h1,4-5H,6H2,2H3,(H,13,14). The maximum atomic E-state index is 10.6. The molecule has 1 aromatic rings. The van der Waals surface area contributed by atoms with Gasteiger partial charge in [-0.25, -0.2) is 14.8 Å². The molecule has 0 aromatic carbocycles. The monoisotopic (exact) mass is 191 g/mol. The first kappa shape index (κ1) is 9.99. The van der Waals surface area contributed by atoms with E-state index in [0.29, 0.717) is 12.5 Å². The summed E-state index contributed by atoms with van der Waals surface area (Å²) in [6.45, 7) is 0.336. The summed E-state index contributed by atoms with van der Waals surface area (Å²) in [4.78, 5) is 19.9. The molecule has 5 nitrogen and oxygen atoms in total. The lowest BCUT2D eigenvalue weighted by atomic mass is 10.4. The summed E-state index contributed by atoms with van der Waals surface area (Å²) in [6, 6.07) is 1.33. The van der Waals surface area contributed by atoms with Crippen molar-refractivity contribution in [3.05, 3.63) is 18.0 Å². The Morgan fingerprint density at radius 1 is 1.79 bits per heavy atom. The minimum atomic E-state index is -1.08. The van der Waals surface area contributed by atoms with Crippen molar-refractivity contribution in [2.45, 2.75) is 0 Å². The molecular weight excluding hydrogens is 182 g/mol. The second-order valence-electron chi connectivity index (χ2n) is 2.61. The van der Waals surface area contributed by atoms with E-state index in [4.69, 9.17) is 11.5 Å². The third kappa shape index (κ3) is 2.20. The van der Waals surface area contributed by atoms with Crippen LogP contribution in [0.15, 0.2) is 12.3 Å². The molecule has 0 spiro atoms. The summed E-state index contributed by atoms with van der Waals surface area (Å²) in [5.41, 5.74) is -0.0427. The van der Waals surface area contributed by atoms with E-state index >= 15 is 0 Å². The van der Waals surface area contributed by atoms with Crippen molar-refractivity contribution in [1.82, 2.24) is 9.97 Å². The molecule has 1 aromatic heterocycles. The Kier molecular flexibility index (Phi) is 3.02. The normalized spacial score (nSPS) is 9.14. The number of terminal acetylenes is 1. The first-order chi connectivity index (χ1) is 6.65. The molecule has 0 saturated carbocycles. The van der Waals surface area contributed by atoms with Gasteiger partial charge in [0.2, 0.25) is 5.95 Å². The van der Waals surface area contributed by atoms with Crippen LogP contribution in [-0.2, 0) is 0 Å². The molecule has 0 unspecified atom stereocenters. The number of aromatic carboxylic acids is 1. The number of carbonyl (C=O) groups is 1. The van der Waals surface area contributed by atoms with Crippen molar-refractivity contribution < 1.29 is 9.90 Å². The molecule has 0 atom stereocenters. The number of hydrogen-bond acceptors (Lipinski definition) is 4. The average Bonchev–Trinajstić information content (AvgIpc) is 2.18. The van der Waals surface area contributed by atoms with Gasteiger partial charge in [-0.15, -0.1) is 6.42 Å². The second kappa shape index (κ2) is 4.23. The van der Waals surface area contributed by atoms with Crippen LogP contribution < -0.4 is 4.90 Å². The summed E-state index contributed by atoms with van der Waals surface area (Å²) in [5.74, 6) is 1.64. The number of rotatable bonds is 3. The van der Waals surface area contributed by atoms with Crippen LogP contribution in [0.1, 0.15) is 10.5 Å². The Morgan fingerprint density at radius 3 is 3.07 bits per heavy atom. The Hall–Kier alpha value is -2.09. The maximum Gasteiger partial charge on any atom is 0.354 e. The number of hydrogen-bond donors (Lipinski definition) is 1. The van der Waals surface area contributed by atoms with E-state index in [1.807, 2.05) is 0 Å². The molecule has 5 heteroatoms. The molecule has 0 aliphatic heterocycles. The quantitative estimate of drug-likeness (QED) is 0.693. The van der Waals surface area contributed by atoms with Crippen LogP contribution in [0.2, 0.25) is 0 Å². The van der Waals surface area contributed by atoms with E-state index in [-0.39, 0.29) is 5.69 Å². The molecule has 14 heavy (non-hydrogen) atoms. The number of carboxylic acid groups (broad SMARTS) is 1. The Labute approximate surface area is 81.4 Å². The van der Waals surface area contributed by atoms with E-state index in [1.54, 1.807) is 11.9 Å². The van der Waals surface area contributed by atoms with E-state index in [2.05, 4.69) is 15.9 Å². The highest BCUT2D eigenvalue weighted by Gasteiger charge is 2.08. The van der Waals surface area contributed by atoms with E-state index in [9.17, 15) is 4.79 Å². The summed E-state index contributed by atoms with van der Waals surface area (Å²) in [7, 11) is 1.70. The van der Waals surface area contributed by atoms with Gasteiger partial charge < -0.3 is 10.0 Å². The molecule has 0 bridgehead atoms. The maximum absolute atomic E-state index is 10.6. The zero-order valence-electron chi connectivity index (χ0n) is 7.64. The Bertz CT molecular complexity index is 384. The summed E-state index contributed by atoms with van der Waals surface area (Å²) in [5, 5.41) is 8.67. The minimum Gasteiger partial charge on any atom is -0.477 e. The van der Waals surface area contributed by atoms with Gasteiger partial charge in [-0.1, -0.05) is 5.92 Å². The summed E-state index contributed by atoms with van der Waals surface area (Å²) < 4.78 is 0. The molecule has 0 fully saturated rings. The van der Waals surface area contributed by atoms with Crippen molar-refractivity contribution >= 4 is 11.9 Å². The van der Waals surface area contributed by atoms with Crippen molar-refractivity contribution in [1.29, 1.82) is 0 Å². The first-order valence-electron chi connectivity index (χ1n) is 3.86. The SMILES string of the molecule is C#CCN(C)c1nccc(C(=O)O)n1. The number of nitrogens with zero attached hydrogens (tertiary/aromatic N) is 3. The molecule has 0 amide bonds. The molecule has 0 aliphatic rings. The molecule has 1 heterocycles. The molecule has 0 saturated heterocycles. The van der Waals surface area contributed by atoms with Gasteiger partial charge in [0.1, 0.15) is 0 Å². The van der Waals surface area contributed by atoms with Gasteiger partial charge in [0.25, 0.3) is 0 Å². The van der Waals surface area contributed by atoms with Crippen LogP contribution in [0.3, 0.4) is 0 Å². The highest BCUT2D eigenvalue weighted by Crippen LogP contribution is 2.04. The molecule has 72 valence electrons. The third-order valence-electron chi connectivity index (χ3n) is 1.53. The molecule has 0 aliphatic carbocycles. The van der Waals surface area contributed by atoms with Crippen LogP contribution in [0.5, 0.6) is 0 Å². The van der Waals surface area contributed by atoms with Crippen LogP contribution in [-0.4, -0.2) is 34.6 Å². The number of aromatic nitrogens is 2. The smallest absolute Gasteiger partial charge is 0.354 e. The van der Waals surface area contributed by atoms with Crippen molar-refractivity contribution in [3.63, 3.8) is 0 Å². The molecule has 1 rings (SSSR count). The fourth-order valence-corrected chi connectivity index (χ4v) is 0.859. The summed E-state index contributed by atoms with van der Waals surface area (Å²) in [6.07, 6.45) is 6.49. The van der Waals surface area contributed by atoms with Crippen LogP contribution in [0.25, 0.3) is 0 Å².